The lowest BCUT2D eigenvalue weighted by Gasteiger charge is -2.29. The zero-order valence-corrected chi connectivity index (χ0v) is 42.0. The smallest absolute Gasteiger partial charge is 0.306 e. The number of esters is 1. The Morgan fingerprint density at radius 1 is 0.300 bits per heavy atom. The molecule has 0 aliphatic heterocycles. The molecule has 4 nitrogen and oxygen atoms in total. The molecule has 0 saturated heterocycles. The minimum atomic E-state index is -0.711. The molecule has 0 spiro atoms. The molecule has 0 amide bonds. The molecule has 0 rings (SSSR count). The summed E-state index contributed by atoms with van der Waals surface area (Å²) in [6.07, 6.45) is 61.5. The first-order chi connectivity index (χ1) is 29.6. The third-order valence-electron chi connectivity index (χ3n) is 12.9. The van der Waals surface area contributed by atoms with Gasteiger partial charge in [0.2, 0.25) is 0 Å². The predicted molar refractivity (Wildman–Crippen MR) is 266 cm³/mol. The molecule has 0 aromatic carbocycles. The van der Waals surface area contributed by atoms with Crippen LogP contribution in [0.3, 0.4) is 0 Å². The van der Waals surface area contributed by atoms with Gasteiger partial charge in [-0.3, -0.25) is 4.79 Å². The summed E-state index contributed by atoms with van der Waals surface area (Å²) >= 11 is 0. The summed E-state index contributed by atoms with van der Waals surface area (Å²) in [4.78, 5) is 13.0. The van der Waals surface area contributed by atoms with Gasteiger partial charge >= 0.3 is 5.97 Å². The first kappa shape index (κ1) is 59.4. The molecule has 0 radical (unpaired) electrons. The van der Waals surface area contributed by atoms with E-state index in [0.29, 0.717) is 19.6 Å². The Morgan fingerprint density at radius 3 is 0.733 bits per heavy atom. The van der Waals surface area contributed by atoms with Crippen molar-refractivity contribution in [3.05, 3.63) is 0 Å². The molecule has 0 bridgehead atoms. The standard InChI is InChI=1S/C56H112O4/c1-5-8-11-14-17-20-23-26-29-32-35-38-41-44-47-50-55(57)60-56(4,53-58-51-48-45-42-39-36-33-30-27-24-21-18-15-12-9-6-2)54-59-52-49-46-43-40-37-34-31-28-25-22-19-16-13-10-7-3/h5-54H2,1-4H3. The van der Waals surface area contributed by atoms with E-state index in [1.807, 2.05) is 6.92 Å². The van der Waals surface area contributed by atoms with Gasteiger partial charge in [0.05, 0.1) is 13.2 Å². The van der Waals surface area contributed by atoms with Crippen LogP contribution in [0.4, 0.5) is 0 Å². The van der Waals surface area contributed by atoms with Gasteiger partial charge in [0.1, 0.15) is 0 Å². The lowest BCUT2D eigenvalue weighted by Crippen LogP contribution is -2.41. The van der Waals surface area contributed by atoms with Crippen molar-refractivity contribution in [1.82, 2.24) is 0 Å². The van der Waals surface area contributed by atoms with E-state index in [-0.39, 0.29) is 5.97 Å². The second kappa shape index (κ2) is 51.0. The van der Waals surface area contributed by atoms with Crippen molar-refractivity contribution < 1.29 is 19.0 Å². The molecule has 0 aliphatic carbocycles. The van der Waals surface area contributed by atoms with Crippen LogP contribution in [-0.4, -0.2) is 38.0 Å². The SMILES string of the molecule is CCCCCCCCCCCCCCCCCOCC(C)(COCCCCCCCCCCCCCCCCC)OC(=O)CCCCCCCCCCCCCCCCC. The topological polar surface area (TPSA) is 44.8 Å². The molecule has 4 heteroatoms. The maximum Gasteiger partial charge on any atom is 0.306 e. The Hall–Kier alpha value is -0.610. The van der Waals surface area contributed by atoms with Gasteiger partial charge in [-0.1, -0.05) is 290 Å². The van der Waals surface area contributed by atoms with Crippen molar-refractivity contribution in [2.45, 2.75) is 329 Å². The van der Waals surface area contributed by atoms with Crippen LogP contribution >= 0.6 is 0 Å². The Kier molecular flexibility index (Phi) is 50.5. The fourth-order valence-electron chi connectivity index (χ4n) is 8.79. The van der Waals surface area contributed by atoms with Crippen molar-refractivity contribution in [3.8, 4) is 0 Å². The summed E-state index contributed by atoms with van der Waals surface area (Å²) in [6.45, 7) is 11.2. The lowest BCUT2D eigenvalue weighted by molar-refractivity contribution is -0.173. The molecule has 60 heavy (non-hydrogen) atoms. The Bertz CT molecular complexity index is 760. The average Bonchev–Trinajstić information content (AvgIpc) is 3.24. The summed E-state index contributed by atoms with van der Waals surface area (Å²) in [5.41, 5.74) is -0.711. The third kappa shape index (κ3) is 48.4. The molecule has 0 heterocycles. The van der Waals surface area contributed by atoms with E-state index >= 15 is 0 Å². The molecule has 360 valence electrons. The molecule has 0 fully saturated rings. The minimum Gasteiger partial charge on any atom is -0.454 e. The Morgan fingerprint density at radius 2 is 0.500 bits per heavy atom. The molecule has 0 N–H and O–H groups in total. The molecule has 0 saturated carbocycles. The zero-order chi connectivity index (χ0) is 43.6. The van der Waals surface area contributed by atoms with Crippen LogP contribution in [0.25, 0.3) is 0 Å². The second-order valence-corrected chi connectivity index (χ2v) is 19.6. The minimum absolute atomic E-state index is 0.0849. The summed E-state index contributed by atoms with van der Waals surface area (Å²) in [5.74, 6) is -0.0849. The fraction of sp³-hybridized carbons (Fsp3) is 0.982. The molecule has 0 aromatic rings. The van der Waals surface area contributed by atoms with Crippen molar-refractivity contribution >= 4 is 5.97 Å². The molecule has 0 atom stereocenters. The first-order valence-electron chi connectivity index (χ1n) is 27.9. The molecule has 0 unspecified atom stereocenters. The molecule has 0 aliphatic rings. The van der Waals surface area contributed by atoms with E-state index in [0.717, 1.165) is 38.9 Å². The summed E-state index contributed by atoms with van der Waals surface area (Å²) in [5, 5.41) is 0. The van der Waals surface area contributed by atoms with Crippen LogP contribution < -0.4 is 0 Å². The van der Waals surface area contributed by atoms with Crippen molar-refractivity contribution in [2.24, 2.45) is 0 Å². The molecular weight excluding hydrogens is 737 g/mol. The second-order valence-electron chi connectivity index (χ2n) is 19.6. The highest BCUT2D eigenvalue weighted by molar-refractivity contribution is 5.69. The van der Waals surface area contributed by atoms with E-state index in [9.17, 15) is 4.79 Å². The van der Waals surface area contributed by atoms with Crippen LogP contribution in [-0.2, 0) is 19.0 Å². The van der Waals surface area contributed by atoms with Gasteiger partial charge in [0.15, 0.2) is 5.60 Å². The first-order valence-corrected chi connectivity index (χ1v) is 27.9. The van der Waals surface area contributed by atoms with E-state index < -0.39 is 5.60 Å². The van der Waals surface area contributed by atoms with E-state index in [1.165, 1.54) is 263 Å². The monoisotopic (exact) mass is 849 g/mol. The van der Waals surface area contributed by atoms with Crippen LogP contribution in [0, 0.1) is 0 Å². The largest absolute Gasteiger partial charge is 0.454 e. The fourth-order valence-corrected chi connectivity index (χ4v) is 8.79. The number of rotatable bonds is 53. The number of ether oxygens (including phenoxy) is 3. The lowest BCUT2D eigenvalue weighted by atomic mass is 10.0. The van der Waals surface area contributed by atoms with E-state index in [1.54, 1.807) is 0 Å². The van der Waals surface area contributed by atoms with Crippen molar-refractivity contribution in [3.63, 3.8) is 0 Å². The average molecular weight is 850 g/mol. The van der Waals surface area contributed by atoms with Crippen LogP contribution in [0.5, 0.6) is 0 Å². The van der Waals surface area contributed by atoms with Crippen molar-refractivity contribution in [1.29, 1.82) is 0 Å². The van der Waals surface area contributed by atoms with Gasteiger partial charge in [-0.25, -0.2) is 0 Å². The highest BCUT2D eigenvalue weighted by atomic mass is 16.6. The van der Waals surface area contributed by atoms with E-state index in [4.69, 9.17) is 14.2 Å². The number of hydrogen-bond donors (Lipinski definition) is 0. The maximum absolute atomic E-state index is 13.0. The highest BCUT2D eigenvalue weighted by Gasteiger charge is 2.30. The third-order valence-corrected chi connectivity index (χ3v) is 12.9. The van der Waals surface area contributed by atoms with Gasteiger partial charge in [-0.05, 0) is 26.2 Å². The predicted octanol–water partition coefficient (Wildman–Crippen LogP) is 19.3. The normalized spacial score (nSPS) is 11.9. The Balaban J connectivity index is 4.20. The number of hydrogen-bond acceptors (Lipinski definition) is 4. The van der Waals surface area contributed by atoms with Gasteiger partial charge in [0, 0.05) is 19.6 Å². The van der Waals surface area contributed by atoms with Crippen LogP contribution in [0.15, 0.2) is 0 Å². The molecular formula is C56H112O4. The van der Waals surface area contributed by atoms with Crippen LogP contribution in [0.1, 0.15) is 323 Å². The number of carbonyl (C=O) groups excluding carboxylic acids is 1. The maximum atomic E-state index is 13.0. The zero-order valence-electron chi connectivity index (χ0n) is 42.0. The highest BCUT2D eigenvalue weighted by Crippen LogP contribution is 2.19. The number of carbonyl (C=O) groups is 1. The number of unbranched alkanes of at least 4 members (excludes halogenated alkanes) is 42. The van der Waals surface area contributed by atoms with Gasteiger partial charge < -0.3 is 14.2 Å². The molecule has 0 aromatic heterocycles. The van der Waals surface area contributed by atoms with Crippen LogP contribution in [0.2, 0.25) is 0 Å². The summed E-state index contributed by atoms with van der Waals surface area (Å²) in [7, 11) is 0. The van der Waals surface area contributed by atoms with Gasteiger partial charge in [-0.2, -0.15) is 0 Å². The Labute approximate surface area is 378 Å². The van der Waals surface area contributed by atoms with E-state index in [2.05, 4.69) is 20.8 Å². The quantitative estimate of drug-likeness (QED) is 0.0452. The van der Waals surface area contributed by atoms with Crippen molar-refractivity contribution in [2.75, 3.05) is 26.4 Å². The summed E-state index contributed by atoms with van der Waals surface area (Å²) < 4.78 is 18.5. The van der Waals surface area contributed by atoms with Gasteiger partial charge in [-0.15, -0.1) is 0 Å². The van der Waals surface area contributed by atoms with Gasteiger partial charge in [0.25, 0.3) is 0 Å². The summed E-state index contributed by atoms with van der Waals surface area (Å²) in [6, 6.07) is 0.